The molecule has 3 aromatic rings. The molecule has 0 spiro atoms. The maximum Gasteiger partial charge on any atom is 0.251 e. The Bertz CT molecular complexity index is 1180. The monoisotopic (exact) mass is 458 g/mol. The first-order valence-corrected chi connectivity index (χ1v) is 12.2. The van der Waals surface area contributed by atoms with Gasteiger partial charge in [-0.3, -0.25) is 4.79 Å². The molecule has 34 heavy (non-hydrogen) atoms. The van der Waals surface area contributed by atoms with Gasteiger partial charge in [-0.15, -0.1) is 0 Å². The van der Waals surface area contributed by atoms with E-state index in [1.165, 1.54) is 5.56 Å². The maximum atomic E-state index is 13.3. The Kier molecular flexibility index (Phi) is 6.32. The van der Waals surface area contributed by atoms with Crippen molar-refractivity contribution in [2.24, 2.45) is 5.92 Å². The minimum atomic E-state index is -0.0681. The summed E-state index contributed by atoms with van der Waals surface area (Å²) in [6.07, 6.45) is 2.83. The molecular formula is C29H34N2O3. The van der Waals surface area contributed by atoms with Crippen LogP contribution in [0, 0.1) is 5.92 Å². The fourth-order valence-electron chi connectivity index (χ4n) is 6.25. The van der Waals surface area contributed by atoms with E-state index >= 15 is 0 Å². The van der Waals surface area contributed by atoms with Gasteiger partial charge in [0.2, 0.25) is 0 Å². The summed E-state index contributed by atoms with van der Waals surface area (Å²) in [4.78, 5) is 15.7. The molecule has 0 bridgehead atoms. The summed E-state index contributed by atoms with van der Waals surface area (Å²) >= 11 is 0. The largest absolute Gasteiger partial charge is 0.497 e. The number of piperidine rings is 1. The zero-order valence-electron chi connectivity index (χ0n) is 20.3. The number of nitrogens with zero attached hydrogens (tertiary/aromatic N) is 1. The number of hydrogen-bond donors (Lipinski definition) is 1. The van der Waals surface area contributed by atoms with Crippen LogP contribution in [-0.2, 0) is 10.2 Å². The van der Waals surface area contributed by atoms with E-state index in [2.05, 4.69) is 47.6 Å². The van der Waals surface area contributed by atoms with Gasteiger partial charge < -0.3 is 19.7 Å². The van der Waals surface area contributed by atoms with Gasteiger partial charge in [0.25, 0.3) is 5.91 Å². The molecule has 5 rings (SSSR count). The molecule has 1 aliphatic carbocycles. The molecule has 2 aliphatic rings. The predicted octanol–water partition coefficient (Wildman–Crippen LogP) is 4.65. The molecule has 1 saturated carbocycles. The first-order chi connectivity index (χ1) is 16.5. The molecule has 1 aliphatic heterocycles. The van der Waals surface area contributed by atoms with Crippen LogP contribution in [0.5, 0.6) is 5.75 Å². The van der Waals surface area contributed by atoms with Gasteiger partial charge in [0.1, 0.15) is 5.75 Å². The van der Waals surface area contributed by atoms with Gasteiger partial charge in [-0.2, -0.15) is 0 Å². The lowest BCUT2D eigenvalue weighted by atomic mass is 9.57. The molecule has 5 heteroatoms. The summed E-state index contributed by atoms with van der Waals surface area (Å²) in [7, 11) is 5.72. The van der Waals surface area contributed by atoms with Gasteiger partial charge in [0.05, 0.1) is 13.2 Å². The third-order valence-corrected chi connectivity index (χ3v) is 8.03. The number of benzene rings is 3. The predicted molar refractivity (Wildman–Crippen MR) is 136 cm³/mol. The lowest BCUT2D eigenvalue weighted by molar-refractivity contribution is -0.0629. The summed E-state index contributed by atoms with van der Waals surface area (Å²) < 4.78 is 11.6. The molecule has 0 aromatic heterocycles. The molecular weight excluding hydrogens is 424 g/mol. The SMILES string of the molecule is COc1cccc(C23CCN(C)CC2C(OC)CC(NC(=O)c2ccc4ccccc4c2)C3)c1. The average Bonchev–Trinajstić information content (AvgIpc) is 2.88. The molecule has 1 heterocycles. The van der Waals surface area contributed by atoms with Crippen LogP contribution in [0.25, 0.3) is 10.8 Å². The summed E-state index contributed by atoms with van der Waals surface area (Å²) in [6.45, 7) is 2.01. The second-order valence-electron chi connectivity index (χ2n) is 9.95. The number of ether oxygens (including phenoxy) is 2. The van der Waals surface area contributed by atoms with Crippen LogP contribution in [0.15, 0.2) is 66.7 Å². The Hall–Kier alpha value is -2.89. The van der Waals surface area contributed by atoms with Gasteiger partial charge in [0.15, 0.2) is 0 Å². The van der Waals surface area contributed by atoms with Crippen LogP contribution < -0.4 is 10.1 Å². The van der Waals surface area contributed by atoms with Crippen molar-refractivity contribution in [3.05, 3.63) is 77.9 Å². The molecule has 2 fully saturated rings. The number of rotatable bonds is 5. The van der Waals surface area contributed by atoms with Crippen LogP contribution in [0.1, 0.15) is 35.2 Å². The number of likely N-dealkylation sites (tertiary alicyclic amines) is 1. The number of hydrogen-bond acceptors (Lipinski definition) is 4. The molecule has 1 N–H and O–H groups in total. The third-order valence-electron chi connectivity index (χ3n) is 8.03. The van der Waals surface area contributed by atoms with Crippen LogP contribution in [0.3, 0.4) is 0 Å². The lowest BCUT2D eigenvalue weighted by Crippen LogP contribution is -2.60. The van der Waals surface area contributed by atoms with E-state index in [9.17, 15) is 4.79 Å². The lowest BCUT2D eigenvalue weighted by Gasteiger charge is -2.55. The molecule has 0 radical (unpaired) electrons. The Morgan fingerprint density at radius 1 is 1.03 bits per heavy atom. The van der Waals surface area contributed by atoms with E-state index in [0.29, 0.717) is 11.5 Å². The van der Waals surface area contributed by atoms with E-state index in [1.807, 2.05) is 43.5 Å². The van der Waals surface area contributed by atoms with Crippen molar-refractivity contribution in [3.8, 4) is 5.75 Å². The third kappa shape index (κ3) is 4.19. The van der Waals surface area contributed by atoms with Crippen LogP contribution in [0.4, 0.5) is 0 Å². The van der Waals surface area contributed by atoms with E-state index in [1.54, 1.807) is 7.11 Å². The Labute approximate surface area is 202 Å². The molecule has 5 nitrogen and oxygen atoms in total. The number of carbonyl (C=O) groups is 1. The summed E-state index contributed by atoms with van der Waals surface area (Å²) in [6, 6.07) is 22.6. The molecule has 3 aromatic carbocycles. The number of nitrogens with one attached hydrogen (secondary N) is 1. The van der Waals surface area contributed by atoms with E-state index in [4.69, 9.17) is 9.47 Å². The zero-order chi connectivity index (χ0) is 23.7. The van der Waals surface area contributed by atoms with Gasteiger partial charge in [-0.05, 0) is 73.5 Å². The first-order valence-electron chi connectivity index (χ1n) is 12.2. The second-order valence-corrected chi connectivity index (χ2v) is 9.95. The Balaban J connectivity index is 1.46. The molecule has 1 amide bonds. The quantitative estimate of drug-likeness (QED) is 0.605. The normalized spacial score (nSPS) is 27.2. The van der Waals surface area contributed by atoms with Crippen LogP contribution in [-0.4, -0.2) is 57.3 Å². The highest BCUT2D eigenvalue weighted by molar-refractivity contribution is 5.98. The highest BCUT2D eigenvalue weighted by atomic mass is 16.5. The first kappa shape index (κ1) is 22.9. The van der Waals surface area contributed by atoms with Gasteiger partial charge >= 0.3 is 0 Å². The fourth-order valence-corrected chi connectivity index (χ4v) is 6.25. The molecule has 4 unspecified atom stereocenters. The molecule has 1 saturated heterocycles. The molecule has 178 valence electrons. The highest BCUT2D eigenvalue weighted by Crippen LogP contribution is 2.50. The zero-order valence-corrected chi connectivity index (χ0v) is 20.3. The van der Waals surface area contributed by atoms with E-state index in [0.717, 1.165) is 48.9 Å². The fraction of sp³-hybridized carbons (Fsp3) is 0.414. The summed E-state index contributed by atoms with van der Waals surface area (Å²) in [5.74, 6) is 1.22. The number of amides is 1. The van der Waals surface area contributed by atoms with Crippen molar-refractivity contribution in [1.82, 2.24) is 10.2 Å². The topological polar surface area (TPSA) is 50.8 Å². The average molecular weight is 459 g/mol. The number of methoxy groups -OCH3 is 2. The highest BCUT2D eigenvalue weighted by Gasteiger charge is 2.52. The van der Waals surface area contributed by atoms with Crippen molar-refractivity contribution in [2.75, 3.05) is 34.4 Å². The van der Waals surface area contributed by atoms with Gasteiger partial charge in [-0.25, -0.2) is 0 Å². The van der Waals surface area contributed by atoms with Gasteiger partial charge in [-0.1, -0.05) is 42.5 Å². The van der Waals surface area contributed by atoms with Crippen molar-refractivity contribution in [3.63, 3.8) is 0 Å². The number of carbonyl (C=O) groups excluding carboxylic acids is 1. The smallest absolute Gasteiger partial charge is 0.251 e. The summed E-state index contributed by atoms with van der Waals surface area (Å²) in [5, 5.41) is 5.59. The standard InChI is InChI=1S/C29H34N2O3/c1-31-14-13-29(23-9-6-10-25(16-23)33-2)18-24(17-27(34-3)26(29)19-31)30-28(32)22-12-11-20-7-4-5-8-21(20)15-22/h4-12,15-16,24,26-27H,13-14,17-19H2,1-3H3,(H,30,32). The minimum Gasteiger partial charge on any atom is -0.497 e. The van der Waals surface area contributed by atoms with Crippen molar-refractivity contribution < 1.29 is 14.3 Å². The maximum absolute atomic E-state index is 13.3. The molecule has 4 atom stereocenters. The van der Waals surface area contributed by atoms with Crippen LogP contribution >= 0.6 is 0 Å². The minimum absolute atomic E-state index is 0.0159. The van der Waals surface area contributed by atoms with Crippen LogP contribution in [0.2, 0.25) is 0 Å². The Morgan fingerprint density at radius 2 is 1.85 bits per heavy atom. The van der Waals surface area contributed by atoms with Crippen molar-refractivity contribution >= 4 is 16.7 Å². The van der Waals surface area contributed by atoms with Crippen molar-refractivity contribution in [1.29, 1.82) is 0 Å². The van der Waals surface area contributed by atoms with Gasteiger partial charge in [0, 0.05) is 36.6 Å². The second kappa shape index (κ2) is 9.40. The van der Waals surface area contributed by atoms with E-state index < -0.39 is 0 Å². The van der Waals surface area contributed by atoms with Crippen molar-refractivity contribution in [2.45, 2.75) is 36.8 Å². The number of fused-ring (bicyclic) bond motifs is 2. The summed E-state index contributed by atoms with van der Waals surface area (Å²) in [5.41, 5.74) is 1.92. The Morgan fingerprint density at radius 3 is 2.65 bits per heavy atom. The van der Waals surface area contributed by atoms with E-state index in [-0.39, 0.29) is 23.5 Å².